The van der Waals surface area contributed by atoms with Gasteiger partial charge in [-0.1, -0.05) is 60.7 Å². The van der Waals surface area contributed by atoms with Crippen LogP contribution in [-0.2, 0) is 11.2 Å². The molecule has 34 heavy (non-hydrogen) atoms. The van der Waals surface area contributed by atoms with Crippen molar-refractivity contribution in [2.24, 2.45) is 0 Å². The van der Waals surface area contributed by atoms with E-state index in [2.05, 4.69) is 17.4 Å². The maximum atomic E-state index is 13.6. The molecule has 0 aliphatic carbocycles. The van der Waals surface area contributed by atoms with E-state index in [9.17, 15) is 9.59 Å². The summed E-state index contributed by atoms with van der Waals surface area (Å²) in [6, 6.07) is 25.4. The minimum absolute atomic E-state index is 0.00170. The zero-order chi connectivity index (χ0) is 23.3. The summed E-state index contributed by atoms with van der Waals surface area (Å²) < 4.78 is 6.03. The van der Waals surface area contributed by atoms with Crippen LogP contribution in [0.25, 0.3) is 0 Å². The van der Waals surface area contributed by atoms with Gasteiger partial charge in [0.2, 0.25) is 0 Å². The Bertz CT molecular complexity index is 1160. The lowest BCUT2D eigenvalue weighted by Gasteiger charge is -2.38. The van der Waals surface area contributed by atoms with E-state index >= 15 is 0 Å². The van der Waals surface area contributed by atoms with E-state index in [-0.39, 0.29) is 18.4 Å². The van der Waals surface area contributed by atoms with Gasteiger partial charge >= 0.3 is 0 Å². The highest BCUT2D eigenvalue weighted by molar-refractivity contribution is 6.01. The highest BCUT2D eigenvalue weighted by Gasteiger charge is 2.34. The average molecular weight is 456 g/mol. The van der Waals surface area contributed by atoms with Crippen molar-refractivity contribution >= 4 is 17.5 Å². The van der Waals surface area contributed by atoms with Gasteiger partial charge in [-0.2, -0.15) is 0 Å². The largest absolute Gasteiger partial charge is 0.483 e. The minimum Gasteiger partial charge on any atom is -0.483 e. The molecule has 3 aromatic rings. The molecule has 6 heteroatoms. The fourth-order valence-corrected chi connectivity index (χ4v) is 4.70. The van der Waals surface area contributed by atoms with Crippen molar-refractivity contribution in [1.29, 1.82) is 0 Å². The van der Waals surface area contributed by atoms with Crippen LogP contribution in [0.15, 0.2) is 78.9 Å². The summed E-state index contributed by atoms with van der Waals surface area (Å²) in [7, 11) is 0. The standard InChI is InChI=1S/C28H29N3O3/c32-26(30-17-8-9-18-30)20-34-25-15-7-5-13-23(25)27-29-24-14-6-4-12-22(24)28(33)31(27)19-16-21-10-2-1-3-11-21/h1-7,10-15,27,29H,8-9,16-20H2/t27-/m0/s1. The molecule has 174 valence electrons. The lowest BCUT2D eigenvalue weighted by atomic mass is 10.0. The number of carbonyl (C=O) groups excluding carboxylic acids is 2. The summed E-state index contributed by atoms with van der Waals surface area (Å²) in [6.07, 6.45) is 2.44. The van der Waals surface area contributed by atoms with E-state index < -0.39 is 6.17 Å². The quantitative estimate of drug-likeness (QED) is 0.570. The molecule has 3 aromatic carbocycles. The number of anilines is 1. The van der Waals surface area contributed by atoms with Crippen LogP contribution in [0.5, 0.6) is 5.75 Å². The van der Waals surface area contributed by atoms with Gasteiger partial charge in [-0.15, -0.1) is 0 Å². The zero-order valence-corrected chi connectivity index (χ0v) is 19.2. The fourth-order valence-electron chi connectivity index (χ4n) is 4.70. The van der Waals surface area contributed by atoms with E-state index in [1.165, 1.54) is 5.56 Å². The number of hydrogen-bond acceptors (Lipinski definition) is 4. The summed E-state index contributed by atoms with van der Waals surface area (Å²) >= 11 is 0. The Morgan fingerprint density at radius 2 is 1.62 bits per heavy atom. The van der Waals surface area contributed by atoms with Crippen molar-refractivity contribution in [3.63, 3.8) is 0 Å². The van der Waals surface area contributed by atoms with Crippen LogP contribution in [0.3, 0.4) is 0 Å². The summed E-state index contributed by atoms with van der Waals surface area (Å²) in [5.74, 6) is 0.605. The molecule has 2 heterocycles. The molecule has 0 saturated carbocycles. The average Bonchev–Trinajstić information content (AvgIpc) is 3.43. The highest BCUT2D eigenvalue weighted by atomic mass is 16.5. The van der Waals surface area contributed by atoms with Gasteiger partial charge in [0.05, 0.1) is 5.56 Å². The number of ether oxygens (including phenoxy) is 1. The molecule has 1 saturated heterocycles. The lowest BCUT2D eigenvalue weighted by Crippen LogP contribution is -2.44. The monoisotopic (exact) mass is 455 g/mol. The van der Waals surface area contributed by atoms with Gasteiger partial charge in [0, 0.05) is 30.9 Å². The second-order valence-electron chi connectivity index (χ2n) is 8.74. The van der Waals surface area contributed by atoms with E-state index in [1.807, 2.05) is 76.5 Å². The van der Waals surface area contributed by atoms with Gasteiger partial charge in [0.25, 0.3) is 11.8 Å². The second kappa shape index (κ2) is 10.00. The minimum atomic E-state index is -0.399. The molecule has 0 unspecified atom stereocenters. The Hall–Kier alpha value is -3.80. The van der Waals surface area contributed by atoms with Crippen LogP contribution >= 0.6 is 0 Å². The normalized spacial score (nSPS) is 17.3. The van der Waals surface area contributed by atoms with Crippen LogP contribution < -0.4 is 10.1 Å². The van der Waals surface area contributed by atoms with Crippen LogP contribution in [0, 0.1) is 0 Å². The first-order valence-electron chi connectivity index (χ1n) is 11.9. The summed E-state index contributed by atoms with van der Waals surface area (Å²) in [5.41, 5.74) is 3.48. The van der Waals surface area contributed by atoms with Crippen molar-refractivity contribution in [2.45, 2.75) is 25.4 Å². The van der Waals surface area contributed by atoms with Crippen molar-refractivity contribution in [3.8, 4) is 5.75 Å². The van der Waals surface area contributed by atoms with Gasteiger partial charge in [-0.3, -0.25) is 9.59 Å². The molecule has 6 nitrogen and oxygen atoms in total. The molecule has 0 spiro atoms. The van der Waals surface area contributed by atoms with Crippen LogP contribution in [0.4, 0.5) is 5.69 Å². The summed E-state index contributed by atoms with van der Waals surface area (Å²) in [5, 5.41) is 3.54. The third-order valence-electron chi connectivity index (χ3n) is 6.53. The summed E-state index contributed by atoms with van der Waals surface area (Å²) in [6.45, 7) is 2.15. The van der Waals surface area contributed by atoms with Gasteiger partial charge in [0.15, 0.2) is 6.61 Å². The molecule has 0 bridgehead atoms. The second-order valence-corrected chi connectivity index (χ2v) is 8.74. The Morgan fingerprint density at radius 1 is 0.912 bits per heavy atom. The Morgan fingerprint density at radius 3 is 2.44 bits per heavy atom. The number of fused-ring (bicyclic) bond motifs is 1. The SMILES string of the molecule is O=C(COc1ccccc1[C@H]1Nc2ccccc2C(=O)N1CCc1ccccc1)N1CCCC1. The first kappa shape index (κ1) is 22.0. The lowest BCUT2D eigenvalue weighted by molar-refractivity contribution is -0.132. The molecule has 0 radical (unpaired) electrons. The molecule has 1 fully saturated rings. The molecule has 0 aromatic heterocycles. The topological polar surface area (TPSA) is 61.9 Å². The van der Waals surface area contributed by atoms with E-state index in [4.69, 9.17) is 4.74 Å². The maximum absolute atomic E-state index is 13.6. The van der Waals surface area contributed by atoms with Crippen LogP contribution in [0.2, 0.25) is 0 Å². The number of carbonyl (C=O) groups is 2. The fraction of sp³-hybridized carbons (Fsp3) is 0.286. The van der Waals surface area contributed by atoms with E-state index in [0.717, 1.165) is 43.6 Å². The third-order valence-corrected chi connectivity index (χ3v) is 6.53. The zero-order valence-electron chi connectivity index (χ0n) is 19.2. The molecule has 1 N–H and O–H groups in total. The smallest absolute Gasteiger partial charge is 0.260 e. The number of nitrogens with one attached hydrogen (secondary N) is 1. The van der Waals surface area contributed by atoms with E-state index in [0.29, 0.717) is 17.9 Å². The molecule has 2 aliphatic rings. The highest BCUT2D eigenvalue weighted by Crippen LogP contribution is 2.37. The number of nitrogens with zero attached hydrogens (tertiary/aromatic N) is 2. The molecule has 2 aliphatic heterocycles. The van der Waals surface area contributed by atoms with Gasteiger partial charge in [-0.05, 0) is 43.0 Å². The van der Waals surface area contributed by atoms with Crippen molar-refractivity contribution in [2.75, 3.05) is 31.6 Å². The molecule has 2 amide bonds. The molecular weight excluding hydrogens is 426 g/mol. The van der Waals surface area contributed by atoms with Crippen molar-refractivity contribution in [3.05, 3.63) is 95.6 Å². The number of hydrogen-bond donors (Lipinski definition) is 1. The van der Waals surface area contributed by atoms with Crippen LogP contribution in [0.1, 0.15) is 40.5 Å². The van der Waals surface area contributed by atoms with E-state index in [1.54, 1.807) is 0 Å². The number of likely N-dealkylation sites (tertiary alicyclic amines) is 1. The number of rotatable bonds is 7. The number of amides is 2. The van der Waals surface area contributed by atoms with Crippen molar-refractivity contribution < 1.29 is 14.3 Å². The first-order valence-corrected chi connectivity index (χ1v) is 11.9. The van der Waals surface area contributed by atoms with Gasteiger partial charge in [0.1, 0.15) is 11.9 Å². The van der Waals surface area contributed by atoms with Crippen molar-refractivity contribution in [1.82, 2.24) is 9.80 Å². The Labute approximate surface area is 200 Å². The number of para-hydroxylation sites is 2. The maximum Gasteiger partial charge on any atom is 0.260 e. The Kier molecular flexibility index (Phi) is 6.47. The van der Waals surface area contributed by atoms with Crippen LogP contribution in [-0.4, -0.2) is 47.9 Å². The van der Waals surface area contributed by atoms with Gasteiger partial charge < -0.3 is 19.9 Å². The molecule has 5 rings (SSSR count). The predicted octanol–water partition coefficient (Wildman–Crippen LogP) is 4.50. The Balaban J connectivity index is 1.41. The first-order chi connectivity index (χ1) is 16.7. The third kappa shape index (κ3) is 4.62. The van der Waals surface area contributed by atoms with Gasteiger partial charge in [-0.25, -0.2) is 0 Å². The molecular formula is C28H29N3O3. The number of benzene rings is 3. The molecule has 1 atom stereocenters. The summed E-state index contributed by atoms with van der Waals surface area (Å²) in [4.78, 5) is 29.8. The predicted molar refractivity (Wildman–Crippen MR) is 132 cm³/mol.